The highest BCUT2D eigenvalue weighted by Gasteiger charge is 2.25. The number of nitrogens with zero attached hydrogens (tertiary/aromatic N) is 3. The molecule has 0 bridgehead atoms. The first-order valence-corrected chi connectivity index (χ1v) is 9.43. The highest BCUT2D eigenvalue weighted by Crippen LogP contribution is 2.26. The Bertz CT molecular complexity index is 922. The van der Waals surface area contributed by atoms with E-state index < -0.39 is 22.9 Å². The monoisotopic (exact) mass is 402 g/mol. The molecular weight excluding hydrogens is 376 g/mol. The Morgan fingerprint density at radius 3 is 2.52 bits per heavy atom. The number of aromatic nitrogens is 2. The minimum atomic E-state index is -1.03. The van der Waals surface area contributed by atoms with Crippen LogP contribution in [0.3, 0.4) is 0 Å². The van der Waals surface area contributed by atoms with Crippen LogP contribution in [-0.2, 0) is 20.9 Å². The summed E-state index contributed by atoms with van der Waals surface area (Å²) in [6.07, 6.45) is -0.105. The summed E-state index contributed by atoms with van der Waals surface area (Å²) in [5.41, 5.74) is 2.03. The van der Waals surface area contributed by atoms with Crippen molar-refractivity contribution in [2.75, 3.05) is 5.32 Å². The van der Waals surface area contributed by atoms with Gasteiger partial charge in [0.25, 0.3) is 5.91 Å². The van der Waals surface area contributed by atoms with E-state index in [0.717, 1.165) is 12.0 Å². The van der Waals surface area contributed by atoms with Gasteiger partial charge in [0.15, 0.2) is 6.10 Å². The summed E-state index contributed by atoms with van der Waals surface area (Å²) in [6, 6.07) is 7.50. The highest BCUT2D eigenvalue weighted by atomic mass is 16.6. The second-order valence-corrected chi connectivity index (χ2v) is 6.95. The summed E-state index contributed by atoms with van der Waals surface area (Å²) in [5, 5.41) is 17.9. The number of esters is 1. The van der Waals surface area contributed by atoms with Gasteiger partial charge in [0.2, 0.25) is 0 Å². The summed E-state index contributed by atoms with van der Waals surface area (Å²) in [4.78, 5) is 35.2. The number of carbonyl (C=O) groups excluding carboxylic acids is 2. The minimum Gasteiger partial charge on any atom is -0.451 e. The second kappa shape index (κ2) is 9.31. The van der Waals surface area contributed by atoms with Gasteiger partial charge in [-0.05, 0) is 44.7 Å². The average Bonchev–Trinajstić information content (AvgIpc) is 2.94. The van der Waals surface area contributed by atoms with Gasteiger partial charge in [0.05, 0.1) is 4.92 Å². The van der Waals surface area contributed by atoms with E-state index in [2.05, 4.69) is 24.3 Å². The van der Waals surface area contributed by atoms with Gasteiger partial charge < -0.3 is 10.1 Å². The molecule has 1 aromatic heterocycles. The van der Waals surface area contributed by atoms with E-state index in [1.165, 1.54) is 25.5 Å². The fraction of sp³-hybridized carbons (Fsp3) is 0.450. The number of hydrogen-bond donors (Lipinski definition) is 1. The number of amides is 1. The predicted molar refractivity (Wildman–Crippen MR) is 108 cm³/mol. The van der Waals surface area contributed by atoms with Crippen LogP contribution in [0.25, 0.3) is 0 Å². The Balaban J connectivity index is 2.03. The van der Waals surface area contributed by atoms with E-state index >= 15 is 0 Å². The number of benzene rings is 1. The van der Waals surface area contributed by atoms with Crippen LogP contribution in [0.1, 0.15) is 50.1 Å². The quantitative estimate of drug-likeness (QED) is 0.410. The van der Waals surface area contributed by atoms with Gasteiger partial charge in [-0.3, -0.25) is 24.4 Å². The van der Waals surface area contributed by atoms with Crippen molar-refractivity contribution >= 4 is 23.3 Å². The molecule has 0 saturated carbocycles. The smallest absolute Gasteiger partial charge is 0.328 e. The molecule has 0 radical (unpaired) electrons. The summed E-state index contributed by atoms with van der Waals surface area (Å²) in [6.45, 7) is 8.30. The Morgan fingerprint density at radius 2 is 1.93 bits per heavy atom. The first kappa shape index (κ1) is 22.1. The number of hydrogen-bond acceptors (Lipinski definition) is 6. The molecule has 1 aromatic carbocycles. The van der Waals surface area contributed by atoms with Crippen LogP contribution < -0.4 is 5.32 Å². The zero-order chi connectivity index (χ0) is 21.7. The predicted octanol–water partition coefficient (Wildman–Crippen LogP) is 3.49. The average molecular weight is 402 g/mol. The molecule has 0 aliphatic heterocycles. The van der Waals surface area contributed by atoms with Gasteiger partial charge in [-0.25, -0.2) is 0 Å². The maximum atomic E-state index is 12.5. The summed E-state index contributed by atoms with van der Waals surface area (Å²) < 4.78 is 6.40. The Morgan fingerprint density at radius 1 is 1.28 bits per heavy atom. The molecule has 0 unspecified atom stereocenters. The van der Waals surface area contributed by atoms with E-state index in [1.807, 2.05) is 24.3 Å². The number of ether oxygens (including phenoxy) is 1. The topological polar surface area (TPSA) is 116 Å². The fourth-order valence-electron chi connectivity index (χ4n) is 3.01. The van der Waals surface area contributed by atoms with Crippen LogP contribution in [0, 0.1) is 24.0 Å². The Kier molecular flexibility index (Phi) is 7.08. The van der Waals surface area contributed by atoms with Crippen LogP contribution in [0.5, 0.6) is 0 Å². The number of aryl methyl sites for hydroxylation is 1. The zero-order valence-electron chi connectivity index (χ0n) is 17.3. The van der Waals surface area contributed by atoms with Gasteiger partial charge in [0, 0.05) is 5.69 Å². The largest absolute Gasteiger partial charge is 0.451 e. The lowest BCUT2D eigenvalue weighted by atomic mass is 9.97. The van der Waals surface area contributed by atoms with Crippen LogP contribution in [0.15, 0.2) is 24.3 Å². The zero-order valence-corrected chi connectivity index (χ0v) is 17.3. The fourth-order valence-corrected chi connectivity index (χ4v) is 3.01. The van der Waals surface area contributed by atoms with Crippen molar-refractivity contribution in [3.05, 3.63) is 51.3 Å². The lowest BCUT2D eigenvalue weighted by molar-refractivity contribution is -0.386. The lowest BCUT2D eigenvalue weighted by Crippen LogP contribution is -2.31. The van der Waals surface area contributed by atoms with Gasteiger partial charge in [-0.2, -0.15) is 5.10 Å². The number of carbonyl (C=O) groups is 2. The van der Waals surface area contributed by atoms with Crippen molar-refractivity contribution in [1.82, 2.24) is 9.78 Å². The first-order valence-electron chi connectivity index (χ1n) is 9.43. The van der Waals surface area contributed by atoms with Gasteiger partial charge in [0.1, 0.15) is 17.9 Å². The molecule has 1 amide bonds. The molecule has 156 valence electrons. The third-order valence-electron chi connectivity index (χ3n) is 4.84. The Labute approximate surface area is 169 Å². The second-order valence-electron chi connectivity index (χ2n) is 6.95. The van der Waals surface area contributed by atoms with E-state index in [9.17, 15) is 19.7 Å². The van der Waals surface area contributed by atoms with E-state index in [1.54, 1.807) is 0 Å². The molecule has 0 saturated heterocycles. The molecule has 29 heavy (non-hydrogen) atoms. The maximum absolute atomic E-state index is 12.5. The molecule has 0 fully saturated rings. The molecule has 0 spiro atoms. The van der Waals surface area contributed by atoms with Gasteiger partial charge >= 0.3 is 11.7 Å². The SMILES string of the molecule is CC[C@@H](C)c1ccccc1NC(=O)[C@H](C)OC(=O)Cn1nc(C)c([N+](=O)[O-])c1C. The number of para-hydroxylation sites is 1. The third kappa shape index (κ3) is 5.18. The molecule has 0 aliphatic rings. The standard InChI is InChI=1S/C20H26N4O5/c1-6-12(2)16-9-7-8-10-17(16)21-20(26)15(5)29-18(25)11-23-14(4)19(24(27)28)13(3)22-23/h7-10,12,15H,6,11H2,1-5H3,(H,21,26)/t12-,15+/m1/s1. The van der Waals surface area contributed by atoms with Crippen molar-refractivity contribution in [2.45, 2.75) is 59.6 Å². The molecule has 1 N–H and O–H groups in total. The number of rotatable bonds is 8. The summed E-state index contributed by atoms with van der Waals surface area (Å²) in [7, 11) is 0. The highest BCUT2D eigenvalue weighted by molar-refractivity contribution is 5.95. The van der Waals surface area contributed by atoms with Gasteiger partial charge in [-0.15, -0.1) is 0 Å². The van der Waals surface area contributed by atoms with Crippen molar-refractivity contribution in [3.8, 4) is 0 Å². The van der Waals surface area contributed by atoms with Crippen molar-refractivity contribution in [1.29, 1.82) is 0 Å². The van der Waals surface area contributed by atoms with E-state index in [4.69, 9.17) is 4.74 Å². The van der Waals surface area contributed by atoms with E-state index in [0.29, 0.717) is 5.69 Å². The molecule has 2 rings (SSSR count). The van der Waals surface area contributed by atoms with Crippen molar-refractivity contribution < 1.29 is 19.2 Å². The first-order chi connectivity index (χ1) is 13.6. The van der Waals surface area contributed by atoms with Crippen LogP contribution >= 0.6 is 0 Å². The van der Waals surface area contributed by atoms with Crippen LogP contribution in [-0.4, -0.2) is 32.7 Å². The van der Waals surface area contributed by atoms with Crippen molar-refractivity contribution in [3.63, 3.8) is 0 Å². The van der Waals surface area contributed by atoms with Gasteiger partial charge in [-0.1, -0.05) is 32.0 Å². The summed E-state index contributed by atoms with van der Waals surface area (Å²) in [5.74, 6) is -0.886. The molecule has 9 nitrogen and oxygen atoms in total. The van der Waals surface area contributed by atoms with Crippen molar-refractivity contribution in [2.24, 2.45) is 0 Å². The molecule has 9 heteroatoms. The van der Waals surface area contributed by atoms with Crippen LogP contribution in [0.2, 0.25) is 0 Å². The molecule has 2 aromatic rings. The number of anilines is 1. The lowest BCUT2D eigenvalue weighted by Gasteiger charge is -2.18. The maximum Gasteiger partial charge on any atom is 0.328 e. The normalized spacial score (nSPS) is 12.9. The molecular formula is C20H26N4O5. The van der Waals surface area contributed by atoms with Crippen LogP contribution in [0.4, 0.5) is 11.4 Å². The van der Waals surface area contributed by atoms with E-state index in [-0.39, 0.29) is 29.5 Å². The number of nitro groups is 1. The molecule has 1 heterocycles. The molecule has 0 aliphatic carbocycles. The number of nitrogens with one attached hydrogen (secondary N) is 1. The third-order valence-corrected chi connectivity index (χ3v) is 4.84. The summed E-state index contributed by atoms with van der Waals surface area (Å²) >= 11 is 0. The minimum absolute atomic E-state index is 0.134. The Hall–Kier alpha value is -3.23. The molecule has 2 atom stereocenters.